The van der Waals surface area contributed by atoms with Crippen LogP contribution in [0.25, 0.3) is 0 Å². The van der Waals surface area contributed by atoms with E-state index in [0.717, 1.165) is 5.56 Å². The summed E-state index contributed by atoms with van der Waals surface area (Å²) in [6, 6.07) is 12.6. The molecule has 0 atom stereocenters. The van der Waals surface area contributed by atoms with Crippen LogP contribution in [0.15, 0.2) is 48.5 Å². The summed E-state index contributed by atoms with van der Waals surface area (Å²) in [5.74, 6) is -0.708. The molecule has 2 rings (SSSR count). The summed E-state index contributed by atoms with van der Waals surface area (Å²) in [5, 5.41) is 13.3. The maximum atomic E-state index is 12.2. The van der Waals surface area contributed by atoms with Gasteiger partial charge in [0.15, 0.2) is 0 Å². The molecule has 2 amide bonds. The lowest BCUT2D eigenvalue weighted by atomic mass is 10.2. The van der Waals surface area contributed by atoms with E-state index in [1.807, 2.05) is 19.1 Å². The molecule has 0 unspecified atom stereocenters. The van der Waals surface area contributed by atoms with Crippen LogP contribution in [0.4, 0.5) is 11.4 Å². The smallest absolute Gasteiger partial charge is 0.269 e. The Morgan fingerprint density at radius 1 is 1.08 bits per heavy atom. The molecule has 1 N–H and O–H groups in total. The van der Waals surface area contributed by atoms with Crippen LogP contribution in [0.5, 0.6) is 0 Å². The minimum Gasteiger partial charge on any atom is -0.332 e. The number of amides is 2. The largest absolute Gasteiger partial charge is 0.332 e. The number of non-ortho nitro benzene ring substituents is 1. The topological polar surface area (TPSA) is 92.6 Å². The van der Waals surface area contributed by atoms with E-state index in [2.05, 4.69) is 5.32 Å². The second-order valence-corrected chi connectivity index (χ2v) is 5.38. The van der Waals surface area contributed by atoms with Gasteiger partial charge in [-0.2, -0.15) is 0 Å². The van der Waals surface area contributed by atoms with Gasteiger partial charge in [0, 0.05) is 30.4 Å². The van der Waals surface area contributed by atoms with Crippen molar-refractivity contribution in [2.75, 3.05) is 18.9 Å². The summed E-state index contributed by atoms with van der Waals surface area (Å²) in [6.07, 6.45) is 0. The number of nitrogens with zero attached hydrogens (tertiary/aromatic N) is 2. The van der Waals surface area contributed by atoms with Crippen molar-refractivity contribution in [3.8, 4) is 0 Å². The lowest BCUT2D eigenvalue weighted by Gasteiger charge is -2.17. The lowest BCUT2D eigenvalue weighted by molar-refractivity contribution is -0.384. The fourth-order valence-electron chi connectivity index (χ4n) is 2.07. The fraction of sp³-hybridized carbons (Fsp3) is 0.176. The first-order chi connectivity index (χ1) is 11.4. The van der Waals surface area contributed by atoms with E-state index in [-0.39, 0.29) is 29.6 Å². The van der Waals surface area contributed by atoms with Gasteiger partial charge in [-0.3, -0.25) is 19.7 Å². The van der Waals surface area contributed by atoms with Crippen molar-refractivity contribution in [3.05, 3.63) is 69.8 Å². The monoisotopic (exact) mass is 327 g/mol. The first kappa shape index (κ1) is 17.1. The molecule has 0 fully saturated rings. The van der Waals surface area contributed by atoms with Crippen LogP contribution in [0.3, 0.4) is 0 Å². The number of benzene rings is 2. The van der Waals surface area contributed by atoms with Crippen LogP contribution in [0.1, 0.15) is 15.9 Å². The Kier molecular flexibility index (Phi) is 5.26. The van der Waals surface area contributed by atoms with Gasteiger partial charge in [0.2, 0.25) is 5.91 Å². The number of hydrogen-bond donors (Lipinski definition) is 1. The van der Waals surface area contributed by atoms with E-state index >= 15 is 0 Å². The van der Waals surface area contributed by atoms with Crippen molar-refractivity contribution >= 4 is 23.2 Å². The van der Waals surface area contributed by atoms with E-state index in [0.29, 0.717) is 5.69 Å². The molecule has 0 aromatic heterocycles. The number of likely N-dealkylation sites (N-methyl/N-ethyl adjacent to an activating group) is 1. The molecule has 124 valence electrons. The molecule has 0 heterocycles. The minimum atomic E-state index is -0.535. The first-order valence-corrected chi connectivity index (χ1v) is 7.23. The van der Waals surface area contributed by atoms with Gasteiger partial charge in [0.1, 0.15) is 0 Å². The van der Waals surface area contributed by atoms with E-state index in [4.69, 9.17) is 0 Å². The predicted octanol–water partition coefficient (Wildman–Crippen LogP) is 2.61. The highest BCUT2D eigenvalue weighted by Gasteiger charge is 2.16. The van der Waals surface area contributed by atoms with Gasteiger partial charge in [-0.15, -0.1) is 0 Å². The van der Waals surface area contributed by atoms with Gasteiger partial charge in [-0.1, -0.05) is 17.7 Å². The Morgan fingerprint density at radius 2 is 1.67 bits per heavy atom. The third-order valence-electron chi connectivity index (χ3n) is 3.39. The van der Waals surface area contributed by atoms with Gasteiger partial charge < -0.3 is 10.2 Å². The Bertz CT molecular complexity index is 754. The average molecular weight is 327 g/mol. The van der Waals surface area contributed by atoms with Crippen LogP contribution in [-0.4, -0.2) is 35.2 Å². The highest BCUT2D eigenvalue weighted by molar-refractivity contribution is 5.99. The van der Waals surface area contributed by atoms with E-state index in [9.17, 15) is 19.7 Å². The number of nitrogens with one attached hydrogen (secondary N) is 1. The van der Waals surface area contributed by atoms with Crippen LogP contribution >= 0.6 is 0 Å². The second kappa shape index (κ2) is 7.36. The molecule has 2 aromatic rings. The Hall–Kier alpha value is -3.22. The molecule has 0 bridgehead atoms. The average Bonchev–Trinajstić information content (AvgIpc) is 2.56. The Morgan fingerprint density at radius 3 is 2.21 bits per heavy atom. The maximum Gasteiger partial charge on any atom is 0.269 e. The minimum absolute atomic E-state index is 0.0914. The number of nitro benzene ring substituents is 1. The molecule has 7 nitrogen and oxygen atoms in total. The third kappa shape index (κ3) is 4.39. The van der Waals surface area contributed by atoms with Crippen LogP contribution in [0.2, 0.25) is 0 Å². The van der Waals surface area contributed by atoms with Crippen molar-refractivity contribution in [1.82, 2.24) is 4.90 Å². The zero-order valence-electron chi connectivity index (χ0n) is 13.4. The highest BCUT2D eigenvalue weighted by atomic mass is 16.6. The second-order valence-electron chi connectivity index (χ2n) is 5.38. The molecular weight excluding hydrogens is 310 g/mol. The van der Waals surface area contributed by atoms with Crippen molar-refractivity contribution in [2.24, 2.45) is 0 Å². The molecule has 0 aliphatic heterocycles. The fourth-order valence-corrected chi connectivity index (χ4v) is 2.07. The lowest BCUT2D eigenvalue weighted by Crippen LogP contribution is -2.34. The van der Waals surface area contributed by atoms with Gasteiger partial charge in [-0.05, 0) is 31.2 Å². The Labute approximate surface area is 139 Å². The standard InChI is InChI=1S/C17H17N3O4/c1-12-3-7-14(8-4-12)18-16(21)11-19(2)17(22)13-5-9-15(10-6-13)20(23)24/h3-10H,11H2,1-2H3,(H,18,21). The summed E-state index contributed by atoms with van der Waals surface area (Å²) < 4.78 is 0. The van der Waals surface area contributed by atoms with Crippen molar-refractivity contribution < 1.29 is 14.5 Å². The van der Waals surface area contributed by atoms with Gasteiger partial charge in [0.05, 0.1) is 11.5 Å². The molecule has 0 aliphatic carbocycles. The molecule has 0 radical (unpaired) electrons. The number of rotatable bonds is 5. The quantitative estimate of drug-likeness (QED) is 0.675. The zero-order valence-corrected chi connectivity index (χ0v) is 13.4. The molecule has 7 heteroatoms. The van der Waals surface area contributed by atoms with Gasteiger partial charge in [0.25, 0.3) is 11.6 Å². The summed E-state index contributed by atoms with van der Waals surface area (Å²) >= 11 is 0. The van der Waals surface area contributed by atoms with E-state index < -0.39 is 4.92 Å². The van der Waals surface area contributed by atoms with Crippen LogP contribution in [-0.2, 0) is 4.79 Å². The van der Waals surface area contributed by atoms with E-state index in [1.165, 1.54) is 36.2 Å². The predicted molar refractivity (Wildman–Crippen MR) is 89.9 cm³/mol. The van der Waals surface area contributed by atoms with Gasteiger partial charge in [-0.25, -0.2) is 0 Å². The summed E-state index contributed by atoms with van der Waals surface area (Å²) in [4.78, 5) is 35.6. The summed E-state index contributed by atoms with van der Waals surface area (Å²) in [7, 11) is 1.50. The highest BCUT2D eigenvalue weighted by Crippen LogP contribution is 2.13. The first-order valence-electron chi connectivity index (χ1n) is 7.23. The molecule has 24 heavy (non-hydrogen) atoms. The molecule has 2 aromatic carbocycles. The molecular formula is C17H17N3O4. The van der Waals surface area contributed by atoms with Gasteiger partial charge >= 0.3 is 0 Å². The number of hydrogen-bond acceptors (Lipinski definition) is 4. The number of nitro groups is 1. The summed E-state index contributed by atoms with van der Waals surface area (Å²) in [6.45, 7) is 1.83. The number of carbonyl (C=O) groups is 2. The number of aryl methyl sites for hydroxylation is 1. The summed E-state index contributed by atoms with van der Waals surface area (Å²) in [5.41, 5.74) is 1.93. The van der Waals surface area contributed by atoms with Crippen molar-refractivity contribution in [3.63, 3.8) is 0 Å². The molecule has 0 saturated carbocycles. The number of anilines is 1. The van der Waals surface area contributed by atoms with Crippen molar-refractivity contribution in [1.29, 1.82) is 0 Å². The Balaban J connectivity index is 1.96. The third-order valence-corrected chi connectivity index (χ3v) is 3.39. The van der Waals surface area contributed by atoms with Crippen LogP contribution < -0.4 is 5.32 Å². The normalized spacial score (nSPS) is 10.1. The molecule has 0 saturated heterocycles. The maximum absolute atomic E-state index is 12.2. The molecule has 0 aliphatic rings. The molecule has 0 spiro atoms. The number of carbonyl (C=O) groups excluding carboxylic acids is 2. The van der Waals surface area contributed by atoms with Crippen LogP contribution in [0, 0.1) is 17.0 Å². The van der Waals surface area contributed by atoms with E-state index in [1.54, 1.807) is 12.1 Å². The van der Waals surface area contributed by atoms with Crippen molar-refractivity contribution in [2.45, 2.75) is 6.92 Å². The zero-order chi connectivity index (χ0) is 17.7. The SMILES string of the molecule is Cc1ccc(NC(=O)CN(C)C(=O)c2ccc([N+](=O)[O-])cc2)cc1.